The minimum absolute atomic E-state index is 0.101. The maximum absolute atomic E-state index is 11.1. The Balaban J connectivity index is 2.12. The fourth-order valence-electron chi connectivity index (χ4n) is 2.40. The van der Waals surface area contributed by atoms with E-state index in [1.54, 1.807) is 24.4 Å². The molecule has 6 heteroatoms. The van der Waals surface area contributed by atoms with Crippen LogP contribution in [0.15, 0.2) is 30.5 Å². The normalized spacial score (nSPS) is 12.8. The number of hydrogen-bond acceptors (Lipinski definition) is 5. The Morgan fingerprint density at radius 3 is 2.68 bits per heavy atom. The standard InChI is InChI=1S/C16H15NO5/c1-20-15-7-10(2-3-17-15)12-9-14-13(21-4-5-22-14)6-11(12)8-16(18)19/h2-3,6-7,9H,4-5,8H2,1H3,(H,18,19). The lowest BCUT2D eigenvalue weighted by Crippen LogP contribution is -2.16. The van der Waals surface area contributed by atoms with Gasteiger partial charge in [0.05, 0.1) is 13.5 Å². The molecule has 0 aliphatic carbocycles. The number of pyridine rings is 1. The van der Waals surface area contributed by atoms with E-state index in [-0.39, 0.29) is 6.42 Å². The van der Waals surface area contributed by atoms with Crippen molar-refractivity contribution < 1.29 is 24.1 Å². The second kappa shape index (κ2) is 5.93. The fraction of sp³-hybridized carbons (Fsp3) is 0.250. The third kappa shape index (κ3) is 2.81. The molecule has 0 saturated carbocycles. The summed E-state index contributed by atoms with van der Waals surface area (Å²) < 4.78 is 16.2. The number of aliphatic carboxylic acids is 1. The van der Waals surface area contributed by atoms with Gasteiger partial charge < -0.3 is 19.3 Å². The number of aromatic nitrogens is 1. The van der Waals surface area contributed by atoms with Crippen molar-refractivity contribution in [1.82, 2.24) is 4.98 Å². The van der Waals surface area contributed by atoms with E-state index >= 15 is 0 Å². The number of nitrogens with zero attached hydrogens (tertiary/aromatic N) is 1. The summed E-state index contributed by atoms with van der Waals surface area (Å²) in [5.74, 6) is 0.756. The number of fused-ring (bicyclic) bond motifs is 1. The lowest BCUT2D eigenvalue weighted by molar-refractivity contribution is -0.136. The highest BCUT2D eigenvalue weighted by Crippen LogP contribution is 2.38. The number of benzene rings is 1. The van der Waals surface area contributed by atoms with E-state index in [9.17, 15) is 4.79 Å². The van der Waals surface area contributed by atoms with E-state index in [0.29, 0.717) is 36.2 Å². The number of rotatable bonds is 4. The van der Waals surface area contributed by atoms with Gasteiger partial charge in [-0.2, -0.15) is 0 Å². The molecule has 1 aliphatic heterocycles. The van der Waals surface area contributed by atoms with Crippen LogP contribution in [0.5, 0.6) is 17.4 Å². The summed E-state index contributed by atoms with van der Waals surface area (Å²) in [6.07, 6.45) is 1.52. The largest absolute Gasteiger partial charge is 0.486 e. The molecule has 0 amide bonds. The molecule has 0 atom stereocenters. The average Bonchev–Trinajstić information content (AvgIpc) is 2.53. The van der Waals surface area contributed by atoms with Gasteiger partial charge in [-0.1, -0.05) is 0 Å². The molecule has 0 spiro atoms. The molecule has 2 aromatic rings. The minimum atomic E-state index is -0.904. The summed E-state index contributed by atoms with van der Waals surface area (Å²) in [6.45, 7) is 0.937. The van der Waals surface area contributed by atoms with Crippen molar-refractivity contribution in [3.05, 3.63) is 36.0 Å². The fourth-order valence-corrected chi connectivity index (χ4v) is 2.40. The number of methoxy groups -OCH3 is 1. The van der Waals surface area contributed by atoms with E-state index in [1.807, 2.05) is 6.07 Å². The van der Waals surface area contributed by atoms with Gasteiger partial charge in [-0.15, -0.1) is 0 Å². The highest BCUT2D eigenvalue weighted by Gasteiger charge is 2.18. The SMILES string of the molecule is COc1cc(-c2cc3c(cc2CC(=O)O)OCCO3)ccn1. The van der Waals surface area contributed by atoms with Crippen LogP contribution in [-0.2, 0) is 11.2 Å². The third-order valence-electron chi connectivity index (χ3n) is 3.36. The number of carboxylic acids is 1. The average molecular weight is 301 g/mol. The molecule has 114 valence electrons. The first-order valence-electron chi connectivity index (χ1n) is 6.82. The molecule has 0 unspecified atom stereocenters. The zero-order valence-corrected chi connectivity index (χ0v) is 12.0. The van der Waals surface area contributed by atoms with Crippen LogP contribution in [0.1, 0.15) is 5.56 Å². The van der Waals surface area contributed by atoms with Crippen LogP contribution in [0, 0.1) is 0 Å². The summed E-state index contributed by atoms with van der Waals surface area (Å²) in [5, 5.41) is 9.13. The second-order valence-corrected chi connectivity index (χ2v) is 4.81. The quantitative estimate of drug-likeness (QED) is 0.932. The first-order chi connectivity index (χ1) is 10.7. The molecule has 0 radical (unpaired) electrons. The molecule has 22 heavy (non-hydrogen) atoms. The predicted molar refractivity (Wildman–Crippen MR) is 78.6 cm³/mol. The van der Waals surface area contributed by atoms with Gasteiger partial charge in [0.15, 0.2) is 11.5 Å². The van der Waals surface area contributed by atoms with Crippen LogP contribution in [0.4, 0.5) is 0 Å². The van der Waals surface area contributed by atoms with E-state index in [0.717, 1.165) is 11.1 Å². The summed E-state index contributed by atoms with van der Waals surface area (Å²) in [4.78, 5) is 15.2. The van der Waals surface area contributed by atoms with Gasteiger partial charge >= 0.3 is 5.97 Å². The minimum Gasteiger partial charge on any atom is -0.486 e. The molecule has 1 aliphatic rings. The molecular formula is C16H15NO5. The van der Waals surface area contributed by atoms with Crippen LogP contribution in [-0.4, -0.2) is 36.4 Å². The molecule has 1 aromatic carbocycles. The van der Waals surface area contributed by atoms with Gasteiger partial charge in [0.1, 0.15) is 13.2 Å². The second-order valence-electron chi connectivity index (χ2n) is 4.81. The lowest BCUT2D eigenvalue weighted by atomic mass is 9.97. The van der Waals surface area contributed by atoms with Crippen molar-refractivity contribution in [2.75, 3.05) is 20.3 Å². The number of hydrogen-bond donors (Lipinski definition) is 1. The smallest absolute Gasteiger partial charge is 0.307 e. The Bertz CT molecular complexity index is 714. The Kier molecular flexibility index (Phi) is 3.82. The molecule has 3 rings (SSSR count). The summed E-state index contributed by atoms with van der Waals surface area (Å²) in [7, 11) is 1.54. The Morgan fingerprint density at radius 1 is 1.27 bits per heavy atom. The van der Waals surface area contributed by atoms with E-state index in [1.165, 1.54) is 7.11 Å². The van der Waals surface area contributed by atoms with Gasteiger partial charge in [0.25, 0.3) is 0 Å². The molecule has 6 nitrogen and oxygen atoms in total. The number of carbonyl (C=O) groups is 1. The summed E-state index contributed by atoms with van der Waals surface area (Å²) >= 11 is 0. The lowest BCUT2D eigenvalue weighted by Gasteiger charge is -2.21. The van der Waals surface area contributed by atoms with Crippen LogP contribution in [0.2, 0.25) is 0 Å². The van der Waals surface area contributed by atoms with Crippen molar-refractivity contribution in [1.29, 1.82) is 0 Å². The Labute approximate surface area is 127 Å². The van der Waals surface area contributed by atoms with Crippen LogP contribution in [0.25, 0.3) is 11.1 Å². The van der Waals surface area contributed by atoms with E-state index < -0.39 is 5.97 Å². The first kappa shape index (κ1) is 14.2. The zero-order valence-electron chi connectivity index (χ0n) is 12.0. The van der Waals surface area contributed by atoms with E-state index in [4.69, 9.17) is 19.3 Å². The van der Waals surface area contributed by atoms with Crippen LogP contribution < -0.4 is 14.2 Å². The van der Waals surface area contributed by atoms with Gasteiger partial charge in [-0.25, -0.2) is 4.98 Å². The molecule has 1 N–H and O–H groups in total. The monoisotopic (exact) mass is 301 g/mol. The van der Waals surface area contributed by atoms with Gasteiger partial charge in [-0.3, -0.25) is 4.79 Å². The number of carboxylic acid groups (broad SMARTS) is 1. The van der Waals surface area contributed by atoms with Crippen LogP contribution in [0.3, 0.4) is 0 Å². The Morgan fingerprint density at radius 2 is 2.00 bits per heavy atom. The zero-order chi connectivity index (χ0) is 15.5. The first-order valence-corrected chi connectivity index (χ1v) is 6.82. The summed E-state index contributed by atoms with van der Waals surface area (Å²) in [5.41, 5.74) is 2.25. The van der Waals surface area contributed by atoms with Crippen molar-refractivity contribution in [3.8, 4) is 28.5 Å². The molecule has 0 bridgehead atoms. The Hall–Kier alpha value is -2.76. The maximum Gasteiger partial charge on any atom is 0.307 e. The third-order valence-corrected chi connectivity index (χ3v) is 3.36. The van der Waals surface area contributed by atoms with Gasteiger partial charge in [-0.05, 0) is 34.9 Å². The molecule has 2 heterocycles. The van der Waals surface area contributed by atoms with Gasteiger partial charge in [0, 0.05) is 12.3 Å². The highest BCUT2D eigenvalue weighted by atomic mass is 16.6. The highest BCUT2D eigenvalue weighted by molar-refractivity contribution is 5.78. The van der Waals surface area contributed by atoms with Crippen molar-refractivity contribution in [3.63, 3.8) is 0 Å². The molecular weight excluding hydrogens is 286 g/mol. The molecule has 0 saturated heterocycles. The topological polar surface area (TPSA) is 77.9 Å². The molecule has 1 aromatic heterocycles. The number of ether oxygens (including phenoxy) is 3. The van der Waals surface area contributed by atoms with Crippen LogP contribution >= 0.6 is 0 Å². The summed E-state index contributed by atoms with van der Waals surface area (Å²) in [6, 6.07) is 7.10. The van der Waals surface area contributed by atoms with Gasteiger partial charge in [0.2, 0.25) is 5.88 Å². The van der Waals surface area contributed by atoms with Crippen molar-refractivity contribution in [2.24, 2.45) is 0 Å². The maximum atomic E-state index is 11.1. The predicted octanol–water partition coefficient (Wildman–Crippen LogP) is 2.16. The van der Waals surface area contributed by atoms with Crippen molar-refractivity contribution in [2.45, 2.75) is 6.42 Å². The van der Waals surface area contributed by atoms with Crippen molar-refractivity contribution >= 4 is 5.97 Å². The van der Waals surface area contributed by atoms with E-state index in [2.05, 4.69) is 4.98 Å². The molecule has 0 fully saturated rings.